The Labute approximate surface area is 94.3 Å². The highest BCUT2D eigenvalue weighted by Crippen LogP contribution is 2.33. The van der Waals surface area contributed by atoms with Gasteiger partial charge in [-0.2, -0.15) is 0 Å². The van der Waals surface area contributed by atoms with Gasteiger partial charge in [-0.25, -0.2) is 9.78 Å². The maximum atomic E-state index is 10.9. The molecule has 2 atom stereocenters. The van der Waals surface area contributed by atoms with Crippen molar-refractivity contribution in [2.45, 2.75) is 19.8 Å². The summed E-state index contributed by atoms with van der Waals surface area (Å²) in [5.74, 6) is 0.458. The molecular formula is C12H15NO3. The lowest BCUT2D eigenvalue weighted by Crippen LogP contribution is -2.29. The molecule has 1 heterocycles. The van der Waals surface area contributed by atoms with Crippen molar-refractivity contribution in [1.29, 1.82) is 0 Å². The fourth-order valence-electron chi connectivity index (χ4n) is 1.84. The molecule has 1 aromatic rings. The van der Waals surface area contributed by atoms with Gasteiger partial charge in [-0.15, -0.1) is 0 Å². The number of rotatable bonds is 4. The zero-order valence-corrected chi connectivity index (χ0v) is 9.22. The van der Waals surface area contributed by atoms with E-state index in [1.54, 1.807) is 12.3 Å². The number of carbonyl (C=O) groups is 1. The van der Waals surface area contributed by atoms with E-state index in [9.17, 15) is 4.79 Å². The van der Waals surface area contributed by atoms with E-state index in [4.69, 9.17) is 9.84 Å². The highest BCUT2D eigenvalue weighted by Gasteiger charge is 2.27. The molecule has 2 rings (SSSR count). The van der Waals surface area contributed by atoms with Crippen LogP contribution in [0, 0.1) is 11.8 Å². The van der Waals surface area contributed by atoms with Gasteiger partial charge in [0, 0.05) is 6.20 Å². The predicted octanol–water partition coefficient (Wildman–Crippen LogP) is 2.20. The summed E-state index contributed by atoms with van der Waals surface area (Å²) >= 11 is 0. The maximum Gasteiger partial charge on any atom is 0.341 e. The molecule has 0 bridgehead atoms. The Hall–Kier alpha value is -1.58. The fraction of sp³-hybridized carbons (Fsp3) is 0.500. The van der Waals surface area contributed by atoms with E-state index in [-0.39, 0.29) is 11.4 Å². The van der Waals surface area contributed by atoms with Crippen LogP contribution in [-0.2, 0) is 0 Å². The number of aromatic carboxylic acids is 1. The second kappa shape index (κ2) is 4.51. The molecule has 0 aromatic carbocycles. The van der Waals surface area contributed by atoms with Gasteiger partial charge in [-0.05, 0) is 36.8 Å². The molecule has 0 spiro atoms. The number of pyridine rings is 1. The molecule has 1 N–H and O–H groups in total. The van der Waals surface area contributed by atoms with Crippen LogP contribution >= 0.6 is 0 Å². The summed E-state index contributed by atoms with van der Waals surface area (Å²) in [5, 5.41) is 8.93. The molecule has 0 radical (unpaired) electrons. The number of hydrogen-bond acceptors (Lipinski definition) is 3. The van der Waals surface area contributed by atoms with Crippen LogP contribution in [0.1, 0.15) is 30.1 Å². The van der Waals surface area contributed by atoms with E-state index in [1.165, 1.54) is 12.5 Å². The number of hydrogen-bond donors (Lipinski definition) is 1. The summed E-state index contributed by atoms with van der Waals surface area (Å²) in [6, 6.07) is 3.11. The second-order valence-electron chi connectivity index (χ2n) is 4.29. The number of carboxylic acids is 1. The molecule has 4 heteroatoms. The molecule has 0 aliphatic heterocycles. The number of aromatic nitrogens is 1. The Morgan fingerprint density at radius 3 is 3.00 bits per heavy atom. The lowest BCUT2D eigenvalue weighted by molar-refractivity contribution is 0.0683. The van der Waals surface area contributed by atoms with Crippen LogP contribution in [0.5, 0.6) is 5.88 Å². The second-order valence-corrected chi connectivity index (χ2v) is 4.29. The van der Waals surface area contributed by atoms with Gasteiger partial charge in [0.05, 0.1) is 6.61 Å². The molecule has 0 amide bonds. The van der Waals surface area contributed by atoms with Crippen LogP contribution in [0.4, 0.5) is 0 Å². The topological polar surface area (TPSA) is 59.4 Å². The lowest BCUT2D eigenvalue weighted by Gasteiger charge is -2.33. The smallest absolute Gasteiger partial charge is 0.341 e. The molecule has 1 aromatic heterocycles. The minimum Gasteiger partial charge on any atom is -0.477 e. The number of carboxylic acid groups (broad SMARTS) is 1. The summed E-state index contributed by atoms with van der Waals surface area (Å²) < 4.78 is 5.48. The molecule has 16 heavy (non-hydrogen) atoms. The Morgan fingerprint density at radius 2 is 2.44 bits per heavy atom. The van der Waals surface area contributed by atoms with Crippen molar-refractivity contribution in [2.75, 3.05) is 6.61 Å². The van der Waals surface area contributed by atoms with Crippen molar-refractivity contribution in [3.63, 3.8) is 0 Å². The molecule has 1 fully saturated rings. The fourth-order valence-corrected chi connectivity index (χ4v) is 1.84. The minimum atomic E-state index is -0.996. The Morgan fingerprint density at radius 1 is 1.62 bits per heavy atom. The predicted molar refractivity (Wildman–Crippen MR) is 58.6 cm³/mol. The van der Waals surface area contributed by atoms with E-state index < -0.39 is 5.97 Å². The first-order valence-corrected chi connectivity index (χ1v) is 5.49. The van der Waals surface area contributed by atoms with Crippen molar-refractivity contribution in [1.82, 2.24) is 4.98 Å². The highest BCUT2D eigenvalue weighted by atomic mass is 16.5. The van der Waals surface area contributed by atoms with Gasteiger partial charge in [0.1, 0.15) is 5.56 Å². The molecule has 1 saturated carbocycles. The van der Waals surface area contributed by atoms with Crippen LogP contribution in [-0.4, -0.2) is 22.7 Å². The van der Waals surface area contributed by atoms with Gasteiger partial charge < -0.3 is 9.84 Å². The van der Waals surface area contributed by atoms with E-state index in [2.05, 4.69) is 11.9 Å². The third-order valence-corrected chi connectivity index (χ3v) is 3.23. The molecule has 1 aliphatic carbocycles. The zero-order valence-electron chi connectivity index (χ0n) is 9.22. The Kier molecular flexibility index (Phi) is 3.08. The molecule has 4 nitrogen and oxygen atoms in total. The van der Waals surface area contributed by atoms with Crippen molar-refractivity contribution < 1.29 is 14.6 Å². The molecule has 0 saturated heterocycles. The first-order valence-electron chi connectivity index (χ1n) is 5.49. The summed E-state index contributed by atoms with van der Waals surface area (Å²) in [4.78, 5) is 14.8. The lowest BCUT2D eigenvalue weighted by atomic mass is 9.75. The van der Waals surface area contributed by atoms with Crippen LogP contribution in [0.15, 0.2) is 18.3 Å². The summed E-state index contributed by atoms with van der Waals surface area (Å²) in [6.45, 7) is 2.76. The SMILES string of the molecule is C[C@H]1CC[C@H]1COc1ncccc1C(=O)O. The summed E-state index contributed by atoms with van der Waals surface area (Å²) in [6.07, 6.45) is 3.95. The van der Waals surface area contributed by atoms with Crippen molar-refractivity contribution in [3.05, 3.63) is 23.9 Å². The maximum absolute atomic E-state index is 10.9. The number of ether oxygens (including phenoxy) is 1. The van der Waals surface area contributed by atoms with Gasteiger partial charge in [0.25, 0.3) is 0 Å². The van der Waals surface area contributed by atoms with Crippen LogP contribution in [0.25, 0.3) is 0 Å². The van der Waals surface area contributed by atoms with E-state index in [0.29, 0.717) is 18.4 Å². The van der Waals surface area contributed by atoms with Gasteiger partial charge in [-0.3, -0.25) is 0 Å². The quantitative estimate of drug-likeness (QED) is 0.846. The van der Waals surface area contributed by atoms with Crippen molar-refractivity contribution in [3.8, 4) is 5.88 Å². The van der Waals surface area contributed by atoms with Crippen molar-refractivity contribution in [2.24, 2.45) is 11.8 Å². The van der Waals surface area contributed by atoms with E-state index >= 15 is 0 Å². The van der Waals surface area contributed by atoms with Crippen LogP contribution in [0.2, 0.25) is 0 Å². The molecule has 86 valence electrons. The van der Waals surface area contributed by atoms with E-state index in [0.717, 1.165) is 6.42 Å². The van der Waals surface area contributed by atoms with Crippen LogP contribution < -0.4 is 4.74 Å². The van der Waals surface area contributed by atoms with Gasteiger partial charge in [0.15, 0.2) is 0 Å². The minimum absolute atomic E-state index is 0.134. The first-order chi connectivity index (χ1) is 7.68. The van der Waals surface area contributed by atoms with Gasteiger partial charge in [0.2, 0.25) is 5.88 Å². The zero-order chi connectivity index (χ0) is 11.5. The average molecular weight is 221 g/mol. The van der Waals surface area contributed by atoms with Crippen LogP contribution in [0.3, 0.4) is 0 Å². The summed E-state index contributed by atoms with van der Waals surface area (Å²) in [7, 11) is 0. The largest absolute Gasteiger partial charge is 0.477 e. The first kappa shape index (κ1) is 10.9. The highest BCUT2D eigenvalue weighted by molar-refractivity contribution is 5.90. The van der Waals surface area contributed by atoms with Gasteiger partial charge >= 0.3 is 5.97 Å². The third kappa shape index (κ3) is 2.15. The molecular weight excluding hydrogens is 206 g/mol. The Bertz CT molecular complexity index is 392. The molecule has 0 unspecified atom stereocenters. The van der Waals surface area contributed by atoms with Gasteiger partial charge in [-0.1, -0.05) is 6.92 Å². The monoisotopic (exact) mass is 221 g/mol. The molecule has 1 aliphatic rings. The van der Waals surface area contributed by atoms with Crippen molar-refractivity contribution >= 4 is 5.97 Å². The number of nitrogens with zero attached hydrogens (tertiary/aromatic N) is 1. The van der Waals surface area contributed by atoms with E-state index in [1.807, 2.05) is 0 Å². The summed E-state index contributed by atoms with van der Waals surface area (Å²) in [5.41, 5.74) is 0.134. The average Bonchev–Trinajstić information content (AvgIpc) is 2.27. The third-order valence-electron chi connectivity index (χ3n) is 3.23. The normalized spacial score (nSPS) is 23.6. The standard InChI is InChI=1S/C12H15NO3/c1-8-4-5-9(8)7-16-11-10(12(14)15)3-2-6-13-11/h2-3,6,8-9H,4-5,7H2,1H3,(H,14,15)/t8-,9-/m0/s1. The Balaban J connectivity index is 2.00.